The molecule has 8 nitrogen and oxygen atoms in total. The fourth-order valence-electron chi connectivity index (χ4n) is 6.31. The number of aryl methyl sites for hydroxylation is 1. The molecule has 4 rings (SSSR count). The Bertz CT molecular complexity index is 1070. The summed E-state index contributed by atoms with van der Waals surface area (Å²) < 4.78 is 11.0. The highest BCUT2D eigenvalue weighted by Crippen LogP contribution is 2.38. The smallest absolute Gasteiger partial charge is 0.196 e. The second-order valence-electron chi connectivity index (χ2n) is 12.1. The number of unbranched alkanes of at least 4 members (excludes halogenated alkanes) is 1. The Hall–Kier alpha value is -2.49. The number of allylic oxidation sites excluding steroid dienone is 1. The number of aromatic hydroxyl groups is 1. The molecule has 1 aromatic carbocycles. The Balaban J connectivity index is 1.33. The third-order valence-electron chi connectivity index (χ3n) is 8.80. The lowest BCUT2D eigenvalue weighted by Gasteiger charge is -2.22. The van der Waals surface area contributed by atoms with Crippen LogP contribution >= 0.6 is 0 Å². The molecule has 2 aliphatic heterocycles. The molecule has 8 heteroatoms. The number of nitrogens with one attached hydrogen (secondary N) is 2. The van der Waals surface area contributed by atoms with Gasteiger partial charge in [-0.3, -0.25) is 5.32 Å². The largest absolute Gasteiger partial charge is 0.504 e. The van der Waals surface area contributed by atoms with Crippen LogP contribution in [-0.4, -0.2) is 77.9 Å². The third-order valence-corrected chi connectivity index (χ3v) is 8.80. The van der Waals surface area contributed by atoms with Crippen molar-refractivity contribution in [2.24, 2.45) is 16.8 Å². The van der Waals surface area contributed by atoms with E-state index in [2.05, 4.69) is 29.7 Å². The average Bonchev–Trinajstić information content (AvgIpc) is 3.76. The fraction of sp³-hybridized carbons (Fsp3) is 0.618. The van der Waals surface area contributed by atoms with E-state index in [1.807, 2.05) is 32.3 Å². The molecular weight excluding hydrogens is 530 g/mol. The Labute approximate surface area is 252 Å². The van der Waals surface area contributed by atoms with E-state index in [-0.39, 0.29) is 30.6 Å². The SMILES string of the molecule is CCCCC1[OH+][C-](CCc2ccc(O)c(OCC(NC)C3=C[C+](C(CNCC(C)O)C4CCCC4)C=N3)c2)C=C1CO. The summed E-state index contributed by atoms with van der Waals surface area (Å²) in [6.45, 7) is 5.81. The van der Waals surface area contributed by atoms with Gasteiger partial charge in [0.15, 0.2) is 23.2 Å². The molecule has 0 aromatic heterocycles. The molecule has 2 heterocycles. The second-order valence-corrected chi connectivity index (χ2v) is 12.1. The maximum absolute atomic E-state index is 10.5. The van der Waals surface area contributed by atoms with Gasteiger partial charge < -0.3 is 30.1 Å². The van der Waals surface area contributed by atoms with Crippen LogP contribution in [0.25, 0.3) is 0 Å². The number of aliphatic hydroxyl groups is 4. The van der Waals surface area contributed by atoms with Crippen LogP contribution in [0.2, 0.25) is 0 Å². The topological polar surface area (TPSA) is 119 Å². The number of likely N-dealkylation sites (N-methyl/N-ethyl adjacent to an activating group) is 1. The molecule has 232 valence electrons. The molecule has 0 saturated heterocycles. The number of hydrogen-bond donors (Lipinski definition) is 5. The zero-order chi connectivity index (χ0) is 29.9. The summed E-state index contributed by atoms with van der Waals surface area (Å²) in [5, 5.41) is 36.7. The first-order valence-electron chi connectivity index (χ1n) is 15.9. The number of phenolic OH excluding ortho intramolecular Hbond substituents is 1. The molecule has 0 amide bonds. The van der Waals surface area contributed by atoms with Crippen molar-refractivity contribution >= 4 is 6.21 Å². The zero-order valence-electron chi connectivity index (χ0n) is 25.7. The summed E-state index contributed by atoms with van der Waals surface area (Å²) in [7, 11) is 1.90. The van der Waals surface area contributed by atoms with Crippen LogP contribution in [0.15, 0.2) is 46.6 Å². The third kappa shape index (κ3) is 9.01. The quantitative estimate of drug-likeness (QED) is 0.131. The Morgan fingerprint density at radius 1 is 1.24 bits per heavy atom. The first kappa shape index (κ1) is 32.4. The van der Waals surface area contributed by atoms with Gasteiger partial charge in [0.1, 0.15) is 30.9 Å². The van der Waals surface area contributed by atoms with Crippen LogP contribution in [0.5, 0.6) is 11.5 Å². The molecule has 0 spiro atoms. The van der Waals surface area contributed by atoms with E-state index in [0.717, 1.165) is 61.6 Å². The summed E-state index contributed by atoms with van der Waals surface area (Å²) in [5.41, 5.74) is 3.02. The average molecular weight is 583 g/mol. The Morgan fingerprint density at radius 2 is 2.05 bits per heavy atom. The second kappa shape index (κ2) is 16.4. The highest BCUT2D eigenvalue weighted by Gasteiger charge is 2.39. The summed E-state index contributed by atoms with van der Waals surface area (Å²) >= 11 is 0. The molecule has 3 aliphatic rings. The van der Waals surface area contributed by atoms with Crippen LogP contribution in [0, 0.1) is 23.9 Å². The van der Waals surface area contributed by atoms with Gasteiger partial charge in [-0.05, 0) is 69.7 Å². The molecule has 1 saturated carbocycles. The number of hydrogen-bond acceptors (Lipinski definition) is 7. The number of nitrogens with zero attached hydrogens (tertiary/aromatic N) is 1. The minimum Gasteiger partial charge on any atom is -0.504 e. The molecular formula is C34H52N3O5+. The van der Waals surface area contributed by atoms with Gasteiger partial charge in [0, 0.05) is 26.1 Å². The van der Waals surface area contributed by atoms with Gasteiger partial charge in [-0.25, -0.2) is 0 Å². The van der Waals surface area contributed by atoms with E-state index < -0.39 is 0 Å². The molecule has 1 fully saturated rings. The van der Waals surface area contributed by atoms with Crippen molar-refractivity contribution in [3.05, 3.63) is 59.2 Å². The van der Waals surface area contributed by atoms with E-state index in [1.165, 1.54) is 31.6 Å². The maximum Gasteiger partial charge on any atom is 0.196 e. The van der Waals surface area contributed by atoms with Crippen molar-refractivity contribution in [2.75, 3.05) is 33.4 Å². The van der Waals surface area contributed by atoms with E-state index in [9.17, 15) is 15.3 Å². The van der Waals surface area contributed by atoms with Gasteiger partial charge in [0.2, 0.25) is 0 Å². The van der Waals surface area contributed by atoms with Crippen LogP contribution in [0.1, 0.15) is 70.8 Å². The number of rotatable bonds is 18. The number of aliphatic hydroxyl groups excluding tert-OH is 2. The van der Waals surface area contributed by atoms with Crippen molar-refractivity contribution in [1.82, 2.24) is 10.6 Å². The highest BCUT2D eigenvalue weighted by atomic mass is 16.5. The lowest BCUT2D eigenvalue weighted by molar-refractivity contribution is -0.0550. The summed E-state index contributed by atoms with van der Waals surface area (Å²) in [6, 6.07) is 5.42. The number of phenols is 1. The van der Waals surface area contributed by atoms with Gasteiger partial charge >= 0.3 is 0 Å². The number of ether oxygens (including phenoxy) is 2. The van der Waals surface area contributed by atoms with Crippen LogP contribution in [0.3, 0.4) is 0 Å². The standard InChI is InChI=1S/C34H51N3O5/c1-4-5-10-33-27(21-38)16-28(42-33)13-11-24-12-14-32(40)34(15-24)41-22-31(35-3)30-17-26(19-37-30)29(20-36-18-23(2)39)25-8-6-7-9-25/h12,14-17,19,23,25,29,31,33,35-36,38-39,42H,4-11,13,18,20-22H2,1-3H3/p+1. The lowest BCUT2D eigenvalue weighted by atomic mass is 9.81. The predicted octanol–water partition coefficient (Wildman–Crippen LogP) is 4.16. The Morgan fingerprint density at radius 3 is 2.76 bits per heavy atom. The first-order valence-corrected chi connectivity index (χ1v) is 15.9. The van der Waals surface area contributed by atoms with Crippen molar-refractivity contribution in [2.45, 2.75) is 89.9 Å². The molecule has 42 heavy (non-hydrogen) atoms. The molecule has 1 aromatic rings. The monoisotopic (exact) mass is 582 g/mol. The van der Waals surface area contributed by atoms with E-state index >= 15 is 0 Å². The van der Waals surface area contributed by atoms with Crippen molar-refractivity contribution in [3.63, 3.8) is 0 Å². The first-order chi connectivity index (χ1) is 20.4. The molecule has 4 atom stereocenters. The molecule has 4 unspecified atom stereocenters. The summed E-state index contributed by atoms with van der Waals surface area (Å²) in [6.07, 6.45) is 16.8. The highest BCUT2D eigenvalue weighted by molar-refractivity contribution is 5.83. The van der Waals surface area contributed by atoms with Crippen molar-refractivity contribution < 1.29 is 24.8 Å². The molecule has 0 radical (unpaired) electrons. The molecule has 6 N–H and O–H groups in total. The number of benzene rings is 1. The minimum absolute atomic E-state index is 0.0616. The molecule has 0 bridgehead atoms. The molecule has 1 aliphatic carbocycles. The summed E-state index contributed by atoms with van der Waals surface area (Å²) in [5.74, 6) is 2.84. The van der Waals surface area contributed by atoms with Crippen LogP contribution in [-0.2, 0) is 6.42 Å². The maximum atomic E-state index is 10.5. The summed E-state index contributed by atoms with van der Waals surface area (Å²) in [4.78, 5) is 4.77. The van der Waals surface area contributed by atoms with Gasteiger partial charge in [-0.15, -0.1) is 16.6 Å². The van der Waals surface area contributed by atoms with Crippen molar-refractivity contribution in [1.29, 1.82) is 0 Å². The number of aliphatic imine (C=N–C) groups is 1. The van der Waals surface area contributed by atoms with Gasteiger partial charge in [0.05, 0.1) is 18.1 Å². The zero-order valence-corrected chi connectivity index (χ0v) is 25.7. The fourth-order valence-corrected chi connectivity index (χ4v) is 6.31. The van der Waals surface area contributed by atoms with Crippen molar-refractivity contribution in [3.8, 4) is 11.5 Å². The minimum atomic E-state index is -0.362. The lowest BCUT2D eigenvalue weighted by Crippen LogP contribution is -2.35. The van der Waals surface area contributed by atoms with E-state index in [0.29, 0.717) is 30.7 Å². The predicted molar refractivity (Wildman–Crippen MR) is 169 cm³/mol. The van der Waals surface area contributed by atoms with Gasteiger partial charge in [-0.2, -0.15) is 0 Å². The van der Waals surface area contributed by atoms with E-state index in [4.69, 9.17) is 14.5 Å². The van der Waals surface area contributed by atoms with Gasteiger partial charge in [-0.1, -0.05) is 32.3 Å². The van der Waals surface area contributed by atoms with Gasteiger partial charge in [0.25, 0.3) is 0 Å². The normalized spacial score (nSPS) is 21.1. The van der Waals surface area contributed by atoms with Crippen LogP contribution < -0.4 is 15.4 Å². The van der Waals surface area contributed by atoms with E-state index in [1.54, 1.807) is 6.07 Å². The Kier molecular flexibility index (Phi) is 12.6. The van der Waals surface area contributed by atoms with Crippen LogP contribution in [0.4, 0.5) is 0 Å².